The van der Waals surface area contributed by atoms with Gasteiger partial charge in [0.25, 0.3) is 0 Å². The van der Waals surface area contributed by atoms with E-state index in [0.717, 1.165) is 5.92 Å². The van der Waals surface area contributed by atoms with E-state index in [1.807, 2.05) is 0 Å². The van der Waals surface area contributed by atoms with Gasteiger partial charge in [0.15, 0.2) is 0 Å². The van der Waals surface area contributed by atoms with Crippen LogP contribution in [0.1, 0.15) is 75.1 Å². The number of hydrogen-bond acceptors (Lipinski definition) is 2. The van der Waals surface area contributed by atoms with Gasteiger partial charge in [0, 0.05) is 5.92 Å². The quantitative estimate of drug-likeness (QED) is 0.723. The van der Waals surface area contributed by atoms with Gasteiger partial charge in [-0.15, -0.1) is 0 Å². The van der Waals surface area contributed by atoms with Crippen LogP contribution in [0.15, 0.2) is 0 Å². The van der Waals surface area contributed by atoms with E-state index in [-0.39, 0.29) is 0 Å². The topological polar surface area (TPSA) is 25.8 Å². The van der Waals surface area contributed by atoms with Crippen molar-refractivity contribution in [2.24, 2.45) is 0 Å². The van der Waals surface area contributed by atoms with Crippen LogP contribution >= 0.6 is 8.51 Å². The van der Waals surface area contributed by atoms with E-state index in [2.05, 4.69) is 16.4 Å². The van der Waals surface area contributed by atoms with E-state index in [0.29, 0.717) is 8.51 Å². The molecule has 0 aliphatic heterocycles. The molecule has 1 aliphatic rings. The van der Waals surface area contributed by atoms with Crippen LogP contribution in [0.2, 0.25) is 0 Å². The monoisotopic (exact) mass is 238 g/mol. The molecule has 0 saturated heterocycles. The molecule has 1 saturated carbocycles. The molecule has 1 heterocycles. The minimum Gasteiger partial charge on any atom is -0.225 e. The summed E-state index contributed by atoms with van der Waals surface area (Å²) in [7, 11) is 0.462. The van der Waals surface area contributed by atoms with Crippen LogP contribution in [-0.2, 0) is 0 Å². The van der Waals surface area contributed by atoms with Gasteiger partial charge >= 0.3 is 0 Å². The Bertz CT molecular complexity index is 299. The molecule has 2 nitrogen and oxygen atoms in total. The Morgan fingerprint density at radius 1 is 0.875 bits per heavy atom. The van der Waals surface area contributed by atoms with Gasteiger partial charge in [-0.1, -0.05) is 44.9 Å². The second-order valence-corrected chi connectivity index (χ2v) is 5.69. The summed E-state index contributed by atoms with van der Waals surface area (Å²) in [5, 5.41) is 0. The summed E-state index contributed by atoms with van der Waals surface area (Å²) in [6.07, 6.45) is 12.6. The van der Waals surface area contributed by atoms with Gasteiger partial charge < -0.3 is 0 Å². The van der Waals surface area contributed by atoms with Crippen molar-refractivity contribution in [3.63, 3.8) is 0 Å². The summed E-state index contributed by atoms with van der Waals surface area (Å²) < 4.78 is 9.04. The Morgan fingerprint density at radius 2 is 1.44 bits per heavy atom. The first-order valence-electron chi connectivity index (χ1n) is 6.75. The molecule has 16 heavy (non-hydrogen) atoms. The minimum absolute atomic E-state index is 0.462. The van der Waals surface area contributed by atoms with Crippen molar-refractivity contribution in [1.82, 2.24) is 9.49 Å². The van der Waals surface area contributed by atoms with E-state index in [1.54, 1.807) is 0 Å². The molecular formula is C13H23N2P. The van der Waals surface area contributed by atoms with Crippen molar-refractivity contribution in [3.05, 3.63) is 11.4 Å². The van der Waals surface area contributed by atoms with Crippen molar-refractivity contribution in [2.75, 3.05) is 0 Å². The average molecular weight is 238 g/mol. The van der Waals surface area contributed by atoms with Crippen LogP contribution in [0.3, 0.4) is 0 Å². The minimum atomic E-state index is 0.462. The molecule has 0 bridgehead atoms. The molecule has 2 rings (SSSR count). The third-order valence-electron chi connectivity index (χ3n) is 3.75. The number of nitrogens with zero attached hydrogens (tertiary/aromatic N) is 2. The molecule has 1 unspecified atom stereocenters. The van der Waals surface area contributed by atoms with Crippen molar-refractivity contribution in [3.8, 4) is 0 Å². The van der Waals surface area contributed by atoms with Gasteiger partial charge in [0.2, 0.25) is 0 Å². The number of aryl methyl sites for hydroxylation is 1. The molecule has 0 radical (unpaired) electrons. The Hall–Kier alpha value is -0.360. The lowest BCUT2D eigenvalue weighted by molar-refractivity contribution is 0.457. The first-order chi connectivity index (χ1) is 7.88. The van der Waals surface area contributed by atoms with E-state index in [4.69, 9.17) is 0 Å². The zero-order chi connectivity index (χ0) is 11.2. The van der Waals surface area contributed by atoms with E-state index in [9.17, 15) is 0 Å². The summed E-state index contributed by atoms with van der Waals surface area (Å²) in [5.41, 5.74) is 2.57. The number of aromatic nitrogens is 2. The molecule has 0 spiro atoms. The van der Waals surface area contributed by atoms with Crippen LogP contribution in [0.25, 0.3) is 0 Å². The van der Waals surface area contributed by atoms with Crippen molar-refractivity contribution in [2.45, 2.75) is 70.6 Å². The van der Waals surface area contributed by atoms with Gasteiger partial charge in [-0.3, -0.25) is 0 Å². The van der Waals surface area contributed by atoms with Gasteiger partial charge in [-0.25, -0.2) is 9.49 Å². The van der Waals surface area contributed by atoms with Crippen LogP contribution in [0.4, 0.5) is 0 Å². The molecule has 1 aliphatic carbocycles. The molecule has 1 aromatic heterocycles. The summed E-state index contributed by atoms with van der Waals surface area (Å²) in [6, 6.07) is 0. The van der Waals surface area contributed by atoms with Gasteiger partial charge in [0.1, 0.15) is 0 Å². The second-order valence-electron chi connectivity index (χ2n) is 5.04. The lowest BCUT2D eigenvalue weighted by Gasteiger charge is -2.17. The maximum atomic E-state index is 4.61. The largest absolute Gasteiger partial charge is 0.225 e. The third-order valence-corrected chi connectivity index (χ3v) is 4.53. The molecular weight excluding hydrogens is 215 g/mol. The zero-order valence-corrected chi connectivity index (χ0v) is 11.3. The average Bonchev–Trinajstić information content (AvgIpc) is 2.72. The van der Waals surface area contributed by atoms with Crippen molar-refractivity contribution < 1.29 is 0 Å². The second kappa shape index (κ2) is 6.39. The number of hydrogen-bond donors (Lipinski definition) is 0. The SMILES string of the molecule is Cc1n[pH]nc1C1CCCCCCCCC1. The lowest BCUT2D eigenvalue weighted by Crippen LogP contribution is -2.03. The van der Waals surface area contributed by atoms with Gasteiger partial charge in [-0.05, 0) is 19.8 Å². The fourth-order valence-electron chi connectivity index (χ4n) is 2.76. The highest BCUT2D eigenvalue weighted by molar-refractivity contribution is 7.20. The summed E-state index contributed by atoms with van der Waals surface area (Å²) in [6.45, 7) is 2.14. The molecule has 0 N–H and O–H groups in total. The van der Waals surface area contributed by atoms with Crippen LogP contribution in [-0.4, -0.2) is 9.49 Å². The van der Waals surface area contributed by atoms with Gasteiger partial charge in [-0.2, -0.15) is 0 Å². The highest BCUT2D eigenvalue weighted by Crippen LogP contribution is 2.31. The smallest absolute Gasteiger partial charge is 0.0706 e. The Kier molecular flexibility index (Phi) is 4.84. The molecule has 90 valence electrons. The van der Waals surface area contributed by atoms with Crippen LogP contribution in [0.5, 0.6) is 0 Å². The summed E-state index contributed by atoms with van der Waals surface area (Å²) in [4.78, 5) is 0. The standard InChI is InChI=1S/C13H23N2P/c1-11-13(15-16-14-11)12-9-7-5-3-2-4-6-8-10-12/h12,16H,2-10H2,1H3. The molecule has 1 aromatic rings. The van der Waals surface area contributed by atoms with Gasteiger partial charge in [0.05, 0.1) is 19.9 Å². The van der Waals surface area contributed by atoms with E-state index < -0.39 is 0 Å². The first-order valence-corrected chi connectivity index (χ1v) is 7.64. The molecule has 0 aromatic carbocycles. The highest BCUT2D eigenvalue weighted by Gasteiger charge is 2.16. The van der Waals surface area contributed by atoms with E-state index >= 15 is 0 Å². The Balaban J connectivity index is 1.97. The molecule has 1 atom stereocenters. The predicted octanol–water partition coefficient (Wildman–Crippen LogP) is 4.42. The number of rotatable bonds is 1. The molecule has 1 fully saturated rings. The predicted molar refractivity (Wildman–Crippen MR) is 70.6 cm³/mol. The van der Waals surface area contributed by atoms with Crippen molar-refractivity contribution >= 4 is 8.51 Å². The maximum absolute atomic E-state index is 4.61. The fourth-order valence-corrected chi connectivity index (χ4v) is 3.53. The first kappa shape index (κ1) is 12.1. The maximum Gasteiger partial charge on any atom is 0.0706 e. The highest BCUT2D eigenvalue weighted by atomic mass is 31.1. The van der Waals surface area contributed by atoms with Crippen LogP contribution < -0.4 is 0 Å². The lowest BCUT2D eigenvalue weighted by atomic mass is 9.89. The van der Waals surface area contributed by atoms with E-state index in [1.165, 1.54) is 69.2 Å². The molecule has 0 amide bonds. The van der Waals surface area contributed by atoms with Crippen LogP contribution in [0, 0.1) is 6.92 Å². The third kappa shape index (κ3) is 3.31. The summed E-state index contributed by atoms with van der Waals surface area (Å²) in [5.74, 6) is 0.719. The van der Waals surface area contributed by atoms with Crippen molar-refractivity contribution in [1.29, 1.82) is 0 Å². The normalized spacial score (nSPS) is 21.3. The summed E-state index contributed by atoms with van der Waals surface area (Å²) >= 11 is 0. The Morgan fingerprint density at radius 3 is 1.94 bits per heavy atom. The Labute approximate surface area is 100 Å². The zero-order valence-electron chi connectivity index (χ0n) is 10.3. The molecule has 3 heteroatoms. The fraction of sp³-hybridized carbons (Fsp3) is 0.846.